The monoisotopic (exact) mass is 295 g/mol. The Labute approximate surface area is 123 Å². The number of benzene rings is 1. The fraction of sp³-hybridized carbons (Fsp3) is 0.467. The van der Waals surface area contributed by atoms with Gasteiger partial charge in [-0.3, -0.25) is 5.32 Å². The van der Waals surface area contributed by atoms with Crippen LogP contribution in [0.3, 0.4) is 0 Å². The van der Waals surface area contributed by atoms with Gasteiger partial charge in [-0.15, -0.1) is 0 Å². The maximum absolute atomic E-state index is 11.6. The molecule has 21 heavy (non-hydrogen) atoms. The number of carboxylic acids is 1. The van der Waals surface area contributed by atoms with Crippen molar-refractivity contribution in [2.45, 2.75) is 39.5 Å². The van der Waals surface area contributed by atoms with Gasteiger partial charge in [0.2, 0.25) is 0 Å². The molecule has 6 nitrogen and oxygen atoms in total. The highest BCUT2D eigenvalue weighted by atomic mass is 16.5. The van der Waals surface area contributed by atoms with E-state index < -0.39 is 17.8 Å². The SMILES string of the molecule is CCCCCCOC(=O)Nc1cc(C)cc(C(=O)O)c1O. The van der Waals surface area contributed by atoms with Gasteiger partial charge in [0.25, 0.3) is 0 Å². The van der Waals surface area contributed by atoms with Crippen molar-refractivity contribution >= 4 is 17.7 Å². The van der Waals surface area contributed by atoms with Gasteiger partial charge >= 0.3 is 12.1 Å². The Morgan fingerprint density at radius 2 is 1.95 bits per heavy atom. The van der Waals surface area contributed by atoms with E-state index in [1.54, 1.807) is 6.92 Å². The summed E-state index contributed by atoms with van der Waals surface area (Å²) in [5.74, 6) is -1.73. The van der Waals surface area contributed by atoms with Crippen molar-refractivity contribution in [2.24, 2.45) is 0 Å². The van der Waals surface area contributed by atoms with Crippen molar-refractivity contribution in [2.75, 3.05) is 11.9 Å². The van der Waals surface area contributed by atoms with Gasteiger partial charge in [-0.2, -0.15) is 0 Å². The molecular weight excluding hydrogens is 274 g/mol. The Kier molecular flexibility index (Phi) is 6.52. The summed E-state index contributed by atoms with van der Waals surface area (Å²) in [6.45, 7) is 4.06. The highest BCUT2D eigenvalue weighted by Gasteiger charge is 2.16. The van der Waals surface area contributed by atoms with Gasteiger partial charge in [0.15, 0.2) is 5.75 Å². The molecule has 0 spiro atoms. The lowest BCUT2D eigenvalue weighted by Gasteiger charge is -2.11. The molecule has 0 aliphatic carbocycles. The molecule has 1 rings (SSSR count). The Morgan fingerprint density at radius 3 is 2.57 bits per heavy atom. The lowest BCUT2D eigenvalue weighted by atomic mass is 10.1. The van der Waals surface area contributed by atoms with Crippen molar-refractivity contribution in [3.8, 4) is 5.75 Å². The summed E-state index contributed by atoms with van der Waals surface area (Å²) in [4.78, 5) is 22.6. The van der Waals surface area contributed by atoms with Gasteiger partial charge < -0.3 is 14.9 Å². The summed E-state index contributed by atoms with van der Waals surface area (Å²) in [5.41, 5.74) is 0.391. The van der Waals surface area contributed by atoms with Crippen molar-refractivity contribution < 1.29 is 24.5 Å². The van der Waals surface area contributed by atoms with E-state index in [0.29, 0.717) is 12.2 Å². The molecular formula is C15H21NO5. The fourth-order valence-electron chi connectivity index (χ4n) is 1.88. The Morgan fingerprint density at radius 1 is 1.24 bits per heavy atom. The van der Waals surface area contributed by atoms with E-state index in [4.69, 9.17) is 9.84 Å². The van der Waals surface area contributed by atoms with Crippen molar-refractivity contribution in [3.63, 3.8) is 0 Å². The fourth-order valence-corrected chi connectivity index (χ4v) is 1.88. The molecule has 0 fully saturated rings. The van der Waals surface area contributed by atoms with Crippen LogP contribution in [0.5, 0.6) is 5.75 Å². The second kappa shape index (κ2) is 8.14. The zero-order valence-corrected chi connectivity index (χ0v) is 12.3. The molecule has 0 saturated heterocycles. The van der Waals surface area contributed by atoms with Crippen LogP contribution in [0.4, 0.5) is 10.5 Å². The number of phenols is 1. The van der Waals surface area contributed by atoms with Crippen LogP contribution in [0.2, 0.25) is 0 Å². The molecule has 0 unspecified atom stereocenters. The zero-order valence-electron chi connectivity index (χ0n) is 12.3. The number of hydrogen-bond donors (Lipinski definition) is 3. The highest BCUT2D eigenvalue weighted by molar-refractivity contribution is 5.96. The molecule has 0 atom stereocenters. The average Bonchev–Trinajstić information content (AvgIpc) is 2.42. The van der Waals surface area contributed by atoms with E-state index in [1.807, 2.05) is 0 Å². The largest absolute Gasteiger partial charge is 0.505 e. The zero-order chi connectivity index (χ0) is 15.8. The number of unbranched alkanes of at least 4 members (excludes halogenated alkanes) is 3. The standard InChI is InChI=1S/C15H21NO5/c1-3-4-5-6-7-21-15(20)16-12-9-10(2)8-11(13(12)17)14(18)19/h8-9,17H,3-7H2,1-2H3,(H,16,20)(H,18,19). The highest BCUT2D eigenvalue weighted by Crippen LogP contribution is 2.29. The lowest BCUT2D eigenvalue weighted by molar-refractivity contribution is 0.0693. The number of nitrogens with one attached hydrogen (secondary N) is 1. The Hall–Kier alpha value is -2.24. The van der Waals surface area contributed by atoms with Crippen LogP contribution in [0, 0.1) is 6.92 Å². The van der Waals surface area contributed by atoms with Crippen LogP contribution in [-0.4, -0.2) is 28.9 Å². The second-order valence-corrected chi connectivity index (χ2v) is 4.84. The van der Waals surface area contributed by atoms with E-state index in [-0.39, 0.29) is 11.3 Å². The summed E-state index contributed by atoms with van der Waals surface area (Å²) in [6.07, 6.45) is 3.25. The van der Waals surface area contributed by atoms with E-state index in [0.717, 1.165) is 25.7 Å². The van der Waals surface area contributed by atoms with E-state index in [2.05, 4.69) is 12.2 Å². The van der Waals surface area contributed by atoms with E-state index in [1.165, 1.54) is 12.1 Å². The third kappa shape index (κ3) is 5.33. The average molecular weight is 295 g/mol. The third-order valence-corrected chi connectivity index (χ3v) is 2.95. The van der Waals surface area contributed by atoms with Crippen LogP contribution in [0.25, 0.3) is 0 Å². The molecule has 6 heteroatoms. The molecule has 0 aromatic heterocycles. The smallest absolute Gasteiger partial charge is 0.411 e. The van der Waals surface area contributed by atoms with Crippen LogP contribution < -0.4 is 5.32 Å². The number of carbonyl (C=O) groups excluding carboxylic acids is 1. The molecule has 0 aliphatic heterocycles. The van der Waals surface area contributed by atoms with Crippen LogP contribution in [0.15, 0.2) is 12.1 Å². The topological polar surface area (TPSA) is 95.9 Å². The number of carboxylic acid groups (broad SMARTS) is 1. The lowest BCUT2D eigenvalue weighted by Crippen LogP contribution is -2.15. The molecule has 0 saturated carbocycles. The minimum Gasteiger partial charge on any atom is -0.505 e. The van der Waals surface area contributed by atoms with Gasteiger partial charge in [-0.1, -0.05) is 26.2 Å². The molecule has 1 aromatic rings. The maximum atomic E-state index is 11.6. The first-order valence-electron chi connectivity index (χ1n) is 6.96. The molecule has 1 aromatic carbocycles. The first-order valence-corrected chi connectivity index (χ1v) is 6.96. The van der Waals surface area contributed by atoms with Gasteiger partial charge in [0, 0.05) is 0 Å². The minimum absolute atomic E-state index is 0.0333. The Bertz CT molecular complexity index is 513. The number of anilines is 1. The van der Waals surface area contributed by atoms with E-state index >= 15 is 0 Å². The van der Waals surface area contributed by atoms with Crippen molar-refractivity contribution in [1.82, 2.24) is 0 Å². The minimum atomic E-state index is -1.26. The maximum Gasteiger partial charge on any atom is 0.411 e. The first kappa shape index (κ1) is 16.8. The predicted octanol–water partition coefficient (Wildman–Crippen LogP) is 3.53. The molecule has 3 N–H and O–H groups in total. The quantitative estimate of drug-likeness (QED) is 0.528. The predicted molar refractivity (Wildman–Crippen MR) is 78.9 cm³/mol. The third-order valence-electron chi connectivity index (χ3n) is 2.95. The number of carbonyl (C=O) groups is 2. The summed E-state index contributed by atoms with van der Waals surface area (Å²) in [5, 5.41) is 21.2. The molecule has 1 amide bonds. The van der Waals surface area contributed by atoms with Crippen LogP contribution >= 0.6 is 0 Å². The number of ether oxygens (including phenoxy) is 1. The number of amides is 1. The molecule has 0 heterocycles. The molecule has 116 valence electrons. The summed E-state index contributed by atoms with van der Waals surface area (Å²) < 4.78 is 4.98. The van der Waals surface area contributed by atoms with Gasteiger partial charge in [-0.05, 0) is 31.0 Å². The normalized spacial score (nSPS) is 10.2. The van der Waals surface area contributed by atoms with Crippen molar-refractivity contribution in [1.29, 1.82) is 0 Å². The van der Waals surface area contributed by atoms with Gasteiger partial charge in [0.05, 0.1) is 12.3 Å². The van der Waals surface area contributed by atoms with Crippen molar-refractivity contribution in [3.05, 3.63) is 23.3 Å². The summed E-state index contributed by atoms with van der Waals surface area (Å²) in [7, 11) is 0. The summed E-state index contributed by atoms with van der Waals surface area (Å²) >= 11 is 0. The number of hydrogen-bond acceptors (Lipinski definition) is 4. The molecule has 0 bridgehead atoms. The van der Waals surface area contributed by atoms with E-state index in [9.17, 15) is 14.7 Å². The molecule has 0 aliphatic rings. The Balaban J connectivity index is 2.62. The molecule has 0 radical (unpaired) electrons. The summed E-state index contributed by atoms with van der Waals surface area (Å²) in [6, 6.07) is 2.82. The number of aryl methyl sites for hydroxylation is 1. The van der Waals surface area contributed by atoms with Crippen LogP contribution in [0.1, 0.15) is 48.5 Å². The second-order valence-electron chi connectivity index (χ2n) is 4.84. The van der Waals surface area contributed by atoms with Crippen LogP contribution in [-0.2, 0) is 4.74 Å². The number of aromatic hydroxyl groups is 1. The van der Waals surface area contributed by atoms with Gasteiger partial charge in [-0.25, -0.2) is 9.59 Å². The first-order chi connectivity index (χ1) is 9.95. The number of aromatic carboxylic acids is 1. The number of rotatable bonds is 7. The van der Waals surface area contributed by atoms with Gasteiger partial charge in [0.1, 0.15) is 5.56 Å².